The number of phenolic OH excluding ortho intramolecular Hbond substituents is 1. The van der Waals surface area contributed by atoms with Gasteiger partial charge in [0.15, 0.2) is 0 Å². The number of halogens is 1. The van der Waals surface area contributed by atoms with Crippen LogP contribution in [0.1, 0.15) is 45.2 Å². The summed E-state index contributed by atoms with van der Waals surface area (Å²) in [7, 11) is 0. The maximum atomic E-state index is 13.3. The van der Waals surface area contributed by atoms with Gasteiger partial charge in [0.25, 0.3) is 0 Å². The molecule has 94 valence electrons. The van der Waals surface area contributed by atoms with Gasteiger partial charge in [0.2, 0.25) is 0 Å². The van der Waals surface area contributed by atoms with Gasteiger partial charge in [-0.05, 0) is 58.4 Å². The van der Waals surface area contributed by atoms with Crippen LogP contribution in [-0.4, -0.2) is 22.1 Å². The molecule has 1 aromatic rings. The van der Waals surface area contributed by atoms with E-state index in [1.165, 1.54) is 18.2 Å². The topological polar surface area (TPSA) is 23.5 Å². The number of benzene rings is 1. The van der Waals surface area contributed by atoms with Crippen LogP contribution in [0, 0.1) is 5.82 Å². The van der Waals surface area contributed by atoms with Crippen LogP contribution in [-0.2, 0) is 0 Å². The zero-order chi connectivity index (χ0) is 12.6. The van der Waals surface area contributed by atoms with E-state index in [2.05, 4.69) is 18.7 Å². The Morgan fingerprint density at radius 3 is 2.71 bits per heavy atom. The highest BCUT2D eigenvalue weighted by Gasteiger charge is 2.36. The molecule has 1 unspecified atom stereocenters. The lowest BCUT2D eigenvalue weighted by molar-refractivity contribution is 0.123. The molecule has 17 heavy (non-hydrogen) atoms. The summed E-state index contributed by atoms with van der Waals surface area (Å²) in [6.07, 6.45) is 2.31. The number of aromatic hydroxyl groups is 1. The molecule has 1 aromatic carbocycles. The maximum absolute atomic E-state index is 13.3. The zero-order valence-corrected chi connectivity index (χ0v) is 10.7. The fraction of sp³-hybridized carbons (Fsp3) is 0.571. The van der Waals surface area contributed by atoms with Crippen LogP contribution in [0.15, 0.2) is 18.2 Å². The van der Waals surface area contributed by atoms with Crippen molar-refractivity contribution in [1.82, 2.24) is 4.90 Å². The summed E-state index contributed by atoms with van der Waals surface area (Å²) in [5.41, 5.74) is 0.804. The molecule has 1 fully saturated rings. The van der Waals surface area contributed by atoms with E-state index in [9.17, 15) is 9.50 Å². The number of phenols is 1. The average molecular weight is 237 g/mol. The Morgan fingerprint density at radius 1 is 1.41 bits per heavy atom. The van der Waals surface area contributed by atoms with Crippen molar-refractivity contribution < 1.29 is 9.50 Å². The molecule has 1 saturated heterocycles. The first-order valence-electron chi connectivity index (χ1n) is 6.17. The normalized spacial score (nSPS) is 21.6. The van der Waals surface area contributed by atoms with Crippen LogP contribution in [0.2, 0.25) is 0 Å². The van der Waals surface area contributed by atoms with Gasteiger partial charge >= 0.3 is 0 Å². The van der Waals surface area contributed by atoms with Crippen molar-refractivity contribution in [3.05, 3.63) is 29.6 Å². The largest absolute Gasteiger partial charge is 0.508 e. The van der Waals surface area contributed by atoms with E-state index >= 15 is 0 Å². The van der Waals surface area contributed by atoms with E-state index in [1.54, 1.807) is 0 Å². The molecule has 1 N–H and O–H groups in total. The Labute approximate surface area is 102 Å². The summed E-state index contributed by atoms with van der Waals surface area (Å²) < 4.78 is 13.3. The molecule has 1 aliphatic heterocycles. The summed E-state index contributed by atoms with van der Waals surface area (Å²) >= 11 is 0. The number of hydrogen-bond donors (Lipinski definition) is 1. The molecule has 2 nitrogen and oxygen atoms in total. The van der Waals surface area contributed by atoms with Gasteiger partial charge < -0.3 is 5.11 Å². The molecule has 0 amide bonds. The predicted octanol–water partition coefficient (Wildman–Crippen LogP) is 3.47. The molecule has 0 aromatic heterocycles. The van der Waals surface area contributed by atoms with Crippen molar-refractivity contribution in [3.63, 3.8) is 0 Å². The summed E-state index contributed by atoms with van der Waals surface area (Å²) in [5, 5.41) is 9.84. The molecule has 0 bridgehead atoms. The predicted molar refractivity (Wildman–Crippen MR) is 66.5 cm³/mol. The van der Waals surface area contributed by atoms with Gasteiger partial charge in [-0.1, -0.05) is 0 Å². The monoisotopic (exact) mass is 237 g/mol. The Morgan fingerprint density at radius 2 is 2.12 bits per heavy atom. The fourth-order valence-electron chi connectivity index (χ4n) is 2.87. The second-order valence-electron chi connectivity index (χ2n) is 5.49. The minimum atomic E-state index is -0.290. The number of rotatable bonds is 2. The first-order chi connectivity index (χ1) is 7.92. The van der Waals surface area contributed by atoms with E-state index in [-0.39, 0.29) is 23.1 Å². The van der Waals surface area contributed by atoms with E-state index in [1.807, 2.05) is 6.92 Å². The minimum Gasteiger partial charge on any atom is -0.508 e. The lowest BCUT2D eigenvalue weighted by Crippen LogP contribution is -2.39. The first kappa shape index (κ1) is 12.4. The van der Waals surface area contributed by atoms with E-state index in [4.69, 9.17) is 0 Å². The number of likely N-dealkylation sites (tertiary alicyclic amines) is 1. The SMILES string of the molecule is CC(c1cc(F)ccc1O)N1CCCC1(C)C. The molecular formula is C14H20FNO. The molecule has 1 atom stereocenters. The van der Waals surface area contributed by atoms with Crippen LogP contribution in [0.4, 0.5) is 4.39 Å². The maximum Gasteiger partial charge on any atom is 0.123 e. The second-order valence-corrected chi connectivity index (χ2v) is 5.49. The standard InChI is InChI=1S/C14H20FNO/c1-10(16-8-4-7-14(16,2)3)12-9-11(15)5-6-13(12)17/h5-6,9-10,17H,4,7-8H2,1-3H3. The van der Waals surface area contributed by atoms with Gasteiger partial charge in [0.05, 0.1) is 0 Å². The molecule has 0 aliphatic carbocycles. The molecule has 1 heterocycles. The summed E-state index contributed by atoms with van der Waals surface area (Å²) in [6, 6.07) is 4.21. The third-order valence-electron chi connectivity index (χ3n) is 3.87. The van der Waals surface area contributed by atoms with E-state index < -0.39 is 0 Å². The Hall–Kier alpha value is -1.09. The molecular weight excluding hydrogens is 217 g/mol. The smallest absolute Gasteiger partial charge is 0.123 e. The minimum absolute atomic E-state index is 0.0446. The van der Waals surface area contributed by atoms with Gasteiger partial charge in [0.1, 0.15) is 11.6 Å². The van der Waals surface area contributed by atoms with Crippen LogP contribution < -0.4 is 0 Å². The van der Waals surface area contributed by atoms with Crippen molar-refractivity contribution in [2.24, 2.45) is 0 Å². The second kappa shape index (κ2) is 4.30. The molecule has 3 heteroatoms. The quantitative estimate of drug-likeness (QED) is 0.851. The summed E-state index contributed by atoms with van der Waals surface area (Å²) in [6.45, 7) is 7.44. The van der Waals surface area contributed by atoms with E-state index in [0.29, 0.717) is 5.56 Å². The first-order valence-corrected chi connectivity index (χ1v) is 6.17. The lowest BCUT2D eigenvalue weighted by atomic mass is 9.98. The highest BCUT2D eigenvalue weighted by Crippen LogP contribution is 2.38. The number of hydrogen-bond acceptors (Lipinski definition) is 2. The van der Waals surface area contributed by atoms with E-state index in [0.717, 1.165) is 19.4 Å². The van der Waals surface area contributed by atoms with Crippen LogP contribution in [0.5, 0.6) is 5.75 Å². The highest BCUT2D eigenvalue weighted by molar-refractivity contribution is 5.35. The Bertz CT molecular complexity index is 417. The van der Waals surface area contributed by atoms with Crippen LogP contribution in [0.25, 0.3) is 0 Å². The third-order valence-corrected chi connectivity index (χ3v) is 3.87. The van der Waals surface area contributed by atoms with Crippen LogP contribution >= 0.6 is 0 Å². The van der Waals surface area contributed by atoms with Crippen molar-refractivity contribution in [2.45, 2.75) is 45.2 Å². The Kier molecular flexibility index (Phi) is 3.13. The molecule has 0 spiro atoms. The van der Waals surface area contributed by atoms with Gasteiger partial charge in [0, 0.05) is 17.1 Å². The average Bonchev–Trinajstić information content (AvgIpc) is 2.61. The zero-order valence-electron chi connectivity index (χ0n) is 10.7. The summed E-state index contributed by atoms with van der Waals surface area (Å²) in [4.78, 5) is 2.33. The summed E-state index contributed by atoms with van der Waals surface area (Å²) in [5.74, 6) is -0.108. The Balaban J connectivity index is 2.30. The van der Waals surface area contributed by atoms with Crippen molar-refractivity contribution in [1.29, 1.82) is 0 Å². The highest BCUT2D eigenvalue weighted by atomic mass is 19.1. The van der Waals surface area contributed by atoms with Gasteiger partial charge in [-0.2, -0.15) is 0 Å². The van der Waals surface area contributed by atoms with Crippen molar-refractivity contribution in [3.8, 4) is 5.75 Å². The van der Waals surface area contributed by atoms with Crippen molar-refractivity contribution >= 4 is 0 Å². The fourth-order valence-corrected chi connectivity index (χ4v) is 2.87. The van der Waals surface area contributed by atoms with Gasteiger partial charge in [-0.3, -0.25) is 4.90 Å². The lowest BCUT2D eigenvalue weighted by Gasteiger charge is -2.37. The van der Waals surface area contributed by atoms with Gasteiger partial charge in [-0.25, -0.2) is 4.39 Å². The molecule has 1 aliphatic rings. The van der Waals surface area contributed by atoms with Crippen molar-refractivity contribution in [2.75, 3.05) is 6.54 Å². The third kappa shape index (κ3) is 2.29. The molecule has 0 radical (unpaired) electrons. The molecule has 0 saturated carbocycles. The van der Waals surface area contributed by atoms with Gasteiger partial charge in [-0.15, -0.1) is 0 Å². The van der Waals surface area contributed by atoms with Crippen LogP contribution in [0.3, 0.4) is 0 Å². The molecule has 2 rings (SSSR count). The number of nitrogens with zero attached hydrogens (tertiary/aromatic N) is 1.